The van der Waals surface area contributed by atoms with Crippen molar-refractivity contribution in [1.82, 2.24) is 5.32 Å². The summed E-state index contributed by atoms with van der Waals surface area (Å²) in [7, 11) is 0. The summed E-state index contributed by atoms with van der Waals surface area (Å²) in [4.78, 5) is 12.2. The minimum absolute atomic E-state index is 0.0746. The molecule has 1 atom stereocenters. The quantitative estimate of drug-likeness (QED) is 0.379. The van der Waals surface area contributed by atoms with Gasteiger partial charge >= 0.3 is 0 Å². The zero-order valence-electron chi connectivity index (χ0n) is 15.0. The van der Waals surface area contributed by atoms with E-state index in [0.29, 0.717) is 22.4 Å². The van der Waals surface area contributed by atoms with Crippen LogP contribution in [0.15, 0.2) is 79.8 Å². The minimum atomic E-state index is -0.238. The molecule has 1 saturated heterocycles. The van der Waals surface area contributed by atoms with Gasteiger partial charge in [0.2, 0.25) is 5.91 Å². The Kier molecular flexibility index (Phi) is 6.18. The molecule has 146 valence electrons. The van der Waals surface area contributed by atoms with Crippen LogP contribution in [-0.2, 0) is 11.2 Å². The molecule has 1 N–H and O–H groups in total. The third-order valence-electron chi connectivity index (χ3n) is 4.20. The maximum absolute atomic E-state index is 12.2. The lowest BCUT2D eigenvalue weighted by molar-refractivity contribution is -0.118. The third-order valence-corrected chi connectivity index (χ3v) is 6.05. The van der Waals surface area contributed by atoms with Gasteiger partial charge in [-0.2, -0.15) is 5.10 Å². The highest BCUT2D eigenvalue weighted by Gasteiger charge is 2.30. The van der Waals surface area contributed by atoms with Crippen molar-refractivity contribution in [3.8, 4) is 11.3 Å². The Bertz CT molecular complexity index is 1080. The van der Waals surface area contributed by atoms with Crippen molar-refractivity contribution < 1.29 is 9.21 Å². The zero-order chi connectivity index (χ0) is 20.2. The van der Waals surface area contributed by atoms with E-state index >= 15 is 0 Å². The molecule has 1 fully saturated rings. The number of benzene rings is 2. The Balaban J connectivity index is 1.38. The maximum Gasteiger partial charge on any atom is 0.239 e. The van der Waals surface area contributed by atoms with Crippen LogP contribution in [0.25, 0.3) is 11.3 Å². The van der Waals surface area contributed by atoms with Crippen molar-refractivity contribution in [1.29, 1.82) is 0 Å². The number of carbonyl (C=O) groups excluding carboxylic acids is 1. The van der Waals surface area contributed by atoms with E-state index in [1.807, 2.05) is 60.7 Å². The fourth-order valence-corrected chi connectivity index (χ4v) is 4.11. The second kappa shape index (κ2) is 8.98. The smallest absolute Gasteiger partial charge is 0.239 e. The standard InChI is InChI=1S/C21H15BrClN3O2S/c22-15-5-3-14(4-6-15)18-10-9-17(28-18)12-24-26-21-25-20(27)19(29-21)11-13-1-7-16(23)8-2-13/h1-10,12,19H,11H2,(H,25,26,27)/b24-12-/t19-/m1/s1. The van der Waals surface area contributed by atoms with Gasteiger partial charge in [0, 0.05) is 15.1 Å². The van der Waals surface area contributed by atoms with E-state index in [-0.39, 0.29) is 11.2 Å². The van der Waals surface area contributed by atoms with Crippen molar-refractivity contribution in [3.05, 3.63) is 81.5 Å². The van der Waals surface area contributed by atoms with E-state index < -0.39 is 0 Å². The van der Waals surface area contributed by atoms with Gasteiger partial charge in [0.25, 0.3) is 0 Å². The van der Waals surface area contributed by atoms with Gasteiger partial charge in [-0.25, -0.2) is 0 Å². The number of furan rings is 1. The number of halogens is 2. The lowest BCUT2D eigenvalue weighted by Crippen LogP contribution is -2.25. The third kappa shape index (κ3) is 5.18. The van der Waals surface area contributed by atoms with Crippen LogP contribution in [0.5, 0.6) is 0 Å². The molecule has 1 aliphatic heterocycles. The molecule has 0 unspecified atom stereocenters. The molecule has 5 nitrogen and oxygen atoms in total. The Morgan fingerprint density at radius 3 is 2.62 bits per heavy atom. The van der Waals surface area contributed by atoms with Gasteiger partial charge < -0.3 is 9.73 Å². The number of amidine groups is 1. The average Bonchev–Trinajstić information content (AvgIpc) is 3.31. The molecule has 0 radical (unpaired) electrons. The number of rotatable bonds is 5. The van der Waals surface area contributed by atoms with Crippen LogP contribution in [0.4, 0.5) is 0 Å². The van der Waals surface area contributed by atoms with Gasteiger partial charge in [-0.15, -0.1) is 5.10 Å². The molecule has 0 bridgehead atoms. The van der Waals surface area contributed by atoms with Crippen LogP contribution in [0.2, 0.25) is 5.02 Å². The van der Waals surface area contributed by atoms with E-state index in [0.717, 1.165) is 21.4 Å². The molecule has 0 aliphatic carbocycles. The summed E-state index contributed by atoms with van der Waals surface area (Å²) in [6.45, 7) is 0. The second-order valence-electron chi connectivity index (χ2n) is 6.28. The molecule has 1 amide bonds. The molecule has 1 aromatic heterocycles. The number of hydrogen-bond acceptors (Lipinski definition) is 5. The topological polar surface area (TPSA) is 67.0 Å². The Morgan fingerprint density at radius 2 is 1.86 bits per heavy atom. The lowest BCUT2D eigenvalue weighted by atomic mass is 10.1. The largest absolute Gasteiger partial charge is 0.455 e. The van der Waals surface area contributed by atoms with Crippen LogP contribution >= 0.6 is 39.3 Å². The predicted octanol–water partition coefficient (Wildman–Crippen LogP) is 5.53. The monoisotopic (exact) mass is 487 g/mol. The van der Waals surface area contributed by atoms with Gasteiger partial charge in [0.1, 0.15) is 11.5 Å². The Morgan fingerprint density at radius 1 is 1.10 bits per heavy atom. The van der Waals surface area contributed by atoms with Crippen molar-refractivity contribution in [2.24, 2.45) is 10.2 Å². The predicted molar refractivity (Wildman–Crippen MR) is 122 cm³/mol. The number of carbonyl (C=O) groups is 1. The van der Waals surface area contributed by atoms with Crippen LogP contribution in [0.1, 0.15) is 11.3 Å². The maximum atomic E-state index is 12.2. The van der Waals surface area contributed by atoms with E-state index in [1.54, 1.807) is 0 Å². The summed E-state index contributed by atoms with van der Waals surface area (Å²) in [5.74, 6) is 1.26. The molecule has 1 aliphatic rings. The molecule has 2 aromatic carbocycles. The number of nitrogens with one attached hydrogen (secondary N) is 1. The highest BCUT2D eigenvalue weighted by Crippen LogP contribution is 2.25. The molecule has 0 saturated carbocycles. The van der Waals surface area contributed by atoms with Crippen molar-refractivity contribution >= 4 is 56.6 Å². The number of nitrogens with zero attached hydrogens (tertiary/aromatic N) is 2. The molecule has 2 heterocycles. The molecule has 4 rings (SSSR count). The minimum Gasteiger partial charge on any atom is -0.455 e. The highest BCUT2D eigenvalue weighted by atomic mass is 79.9. The fourth-order valence-electron chi connectivity index (χ4n) is 2.75. The van der Waals surface area contributed by atoms with Gasteiger partial charge in [0.05, 0.1) is 11.5 Å². The lowest BCUT2D eigenvalue weighted by Gasteiger charge is -2.05. The van der Waals surface area contributed by atoms with E-state index in [4.69, 9.17) is 16.0 Å². The number of thioether (sulfide) groups is 1. The Labute approximate surface area is 185 Å². The average molecular weight is 489 g/mol. The first-order chi connectivity index (χ1) is 14.1. The first-order valence-corrected chi connectivity index (χ1v) is 10.8. The molecule has 29 heavy (non-hydrogen) atoms. The van der Waals surface area contributed by atoms with Gasteiger partial charge in [-0.05, 0) is 48.4 Å². The summed E-state index contributed by atoms with van der Waals surface area (Å²) < 4.78 is 6.78. The van der Waals surface area contributed by atoms with Crippen molar-refractivity contribution in [2.75, 3.05) is 0 Å². The summed E-state index contributed by atoms with van der Waals surface area (Å²) >= 11 is 10.7. The second-order valence-corrected chi connectivity index (χ2v) is 8.83. The Hall–Kier alpha value is -2.35. The van der Waals surface area contributed by atoms with Crippen LogP contribution in [-0.4, -0.2) is 22.5 Å². The molecule has 3 aromatic rings. The van der Waals surface area contributed by atoms with Crippen LogP contribution < -0.4 is 5.32 Å². The summed E-state index contributed by atoms with van der Waals surface area (Å²) in [5.41, 5.74) is 2.02. The summed E-state index contributed by atoms with van der Waals surface area (Å²) in [6.07, 6.45) is 2.12. The molecular weight excluding hydrogens is 474 g/mol. The van der Waals surface area contributed by atoms with E-state index in [9.17, 15) is 4.79 Å². The number of hydrogen-bond donors (Lipinski definition) is 1. The van der Waals surface area contributed by atoms with E-state index in [1.165, 1.54) is 18.0 Å². The molecule has 0 spiro atoms. The zero-order valence-corrected chi connectivity index (χ0v) is 18.2. The molecular formula is C21H15BrClN3O2S. The fraction of sp³-hybridized carbons (Fsp3) is 0.0952. The van der Waals surface area contributed by atoms with Crippen LogP contribution in [0, 0.1) is 0 Å². The van der Waals surface area contributed by atoms with Crippen molar-refractivity contribution in [3.63, 3.8) is 0 Å². The van der Waals surface area contributed by atoms with Crippen LogP contribution in [0.3, 0.4) is 0 Å². The van der Waals surface area contributed by atoms with Gasteiger partial charge in [-0.3, -0.25) is 4.79 Å². The highest BCUT2D eigenvalue weighted by molar-refractivity contribution is 9.10. The molecule has 8 heteroatoms. The summed E-state index contributed by atoms with van der Waals surface area (Å²) in [5, 5.41) is 11.8. The van der Waals surface area contributed by atoms with Gasteiger partial charge in [0.15, 0.2) is 5.17 Å². The van der Waals surface area contributed by atoms with Crippen molar-refractivity contribution in [2.45, 2.75) is 11.7 Å². The first kappa shape index (κ1) is 19.9. The van der Waals surface area contributed by atoms with E-state index in [2.05, 4.69) is 31.4 Å². The van der Waals surface area contributed by atoms with Gasteiger partial charge in [-0.1, -0.05) is 63.6 Å². The summed E-state index contributed by atoms with van der Waals surface area (Å²) in [6, 6.07) is 19.0. The first-order valence-electron chi connectivity index (χ1n) is 8.75. The SMILES string of the molecule is O=C1N/C(=N\N=C/c2ccc(-c3ccc(Br)cc3)o2)S[C@@H]1Cc1ccc(Cl)cc1. The number of amides is 1. The normalized spacial score (nSPS) is 17.9.